The Morgan fingerprint density at radius 3 is 1.28 bits per heavy atom. The van der Waals surface area contributed by atoms with Crippen molar-refractivity contribution in [3.05, 3.63) is 121 Å². The molecule has 0 N–H and O–H groups in total. The van der Waals surface area contributed by atoms with Crippen LogP contribution in [0.3, 0.4) is 0 Å². The molecular formula is C48H62BO3P. The Labute approximate surface area is 320 Å². The molecule has 0 heterocycles. The van der Waals surface area contributed by atoms with Gasteiger partial charge in [0, 0.05) is 0 Å². The van der Waals surface area contributed by atoms with Gasteiger partial charge in [-0.05, 0) is 0 Å². The minimum atomic E-state index is -2.96. The van der Waals surface area contributed by atoms with E-state index in [0.717, 1.165) is 34.2 Å². The summed E-state index contributed by atoms with van der Waals surface area (Å²) in [7, 11) is -0.927. The first-order chi connectivity index (χ1) is 26.3. The fourth-order valence-electron chi connectivity index (χ4n) is 13.0. The monoisotopic (exact) mass is 728 g/mol. The van der Waals surface area contributed by atoms with Crippen LogP contribution < -0.4 is 19.3 Å². The van der Waals surface area contributed by atoms with Crippen molar-refractivity contribution >= 4 is 19.2 Å². The second-order valence-corrected chi connectivity index (χ2v) is 23.1. The fourth-order valence-corrected chi connectivity index (χ4v) is 26.0. The summed E-state index contributed by atoms with van der Waals surface area (Å²) >= 11 is 0. The van der Waals surface area contributed by atoms with E-state index in [-0.39, 0.29) is 5.16 Å². The Bertz CT molecular complexity index is 1620. The van der Waals surface area contributed by atoms with Gasteiger partial charge in [0.05, 0.1) is 0 Å². The standard InChI is InChI=1S/C48H62BO3P/c1-8-24-40(25-9-1)50-49(51-41-26-10-2-11-27-41)52-47-37-21-20-36-46(47)48(38-22-7-23-39-48)53(42-28-12-3-13-29-42,43-30-14-4-15-31-43,44-32-16-5-17-33-44)45-34-18-6-19-35-45/h1-3,8-13,20-21,24-29,36-37,43-45H,4-7,14-19,22-23,30-35,38-39H2. The Balaban J connectivity index is 1.39. The average molecular weight is 729 g/mol. The van der Waals surface area contributed by atoms with Crippen molar-refractivity contribution in [2.24, 2.45) is 0 Å². The van der Waals surface area contributed by atoms with Gasteiger partial charge in [-0.25, -0.2) is 0 Å². The summed E-state index contributed by atoms with van der Waals surface area (Å²) < 4.78 is 20.5. The van der Waals surface area contributed by atoms with Crippen molar-refractivity contribution in [1.82, 2.24) is 0 Å². The van der Waals surface area contributed by atoms with Crippen LogP contribution in [0.25, 0.3) is 0 Å². The van der Waals surface area contributed by atoms with Crippen molar-refractivity contribution in [2.45, 2.75) is 151 Å². The molecule has 0 unspecified atom stereocenters. The maximum atomic E-state index is 7.25. The van der Waals surface area contributed by atoms with Crippen LogP contribution in [-0.2, 0) is 5.16 Å². The Hall–Kier alpha value is -3.23. The molecule has 0 bridgehead atoms. The van der Waals surface area contributed by atoms with Crippen LogP contribution in [-0.4, -0.2) is 24.3 Å². The summed E-state index contributed by atoms with van der Waals surface area (Å²) in [6.45, 7) is -2.96. The van der Waals surface area contributed by atoms with Crippen LogP contribution in [0.1, 0.15) is 134 Å². The summed E-state index contributed by atoms with van der Waals surface area (Å²) in [5.41, 5.74) is 3.78. The minimum absolute atomic E-state index is 0.0395. The maximum absolute atomic E-state index is 7.25. The Morgan fingerprint density at radius 1 is 0.415 bits per heavy atom. The average Bonchev–Trinajstić information content (AvgIpc) is 3.24. The van der Waals surface area contributed by atoms with Gasteiger partial charge in [0.25, 0.3) is 0 Å². The van der Waals surface area contributed by atoms with E-state index < -0.39 is 13.9 Å². The first-order valence-electron chi connectivity index (χ1n) is 21.5. The van der Waals surface area contributed by atoms with Gasteiger partial charge < -0.3 is 0 Å². The van der Waals surface area contributed by atoms with E-state index in [1.165, 1.54) is 134 Å². The second kappa shape index (κ2) is 16.6. The van der Waals surface area contributed by atoms with Crippen molar-refractivity contribution in [2.75, 3.05) is 0 Å². The summed E-state index contributed by atoms with van der Waals surface area (Å²) in [4.78, 5) is 0. The van der Waals surface area contributed by atoms with Gasteiger partial charge in [0.15, 0.2) is 0 Å². The molecule has 4 aromatic rings. The molecule has 0 aliphatic heterocycles. The predicted molar refractivity (Wildman–Crippen MR) is 225 cm³/mol. The molecule has 0 aromatic heterocycles. The molecule has 0 saturated heterocycles. The number of hydrogen-bond donors (Lipinski definition) is 0. The third-order valence-corrected chi connectivity index (χ3v) is 24.9. The molecule has 0 atom stereocenters. The molecule has 3 nitrogen and oxygen atoms in total. The van der Waals surface area contributed by atoms with Crippen molar-refractivity contribution in [3.63, 3.8) is 0 Å². The van der Waals surface area contributed by atoms with Gasteiger partial charge in [0.1, 0.15) is 0 Å². The van der Waals surface area contributed by atoms with E-state index in [4.69, 9.17) is 14.0 Å². The molecule has 4 aliphatic carbocycles. The van der Waals surface area contributed by atoms with Crippen molar-refractivity contribution < 1.29 is 14.0 Å². The zero-order valence-electron chi connectivity index (χ0n) is 32.1. The first-order valence-corrected chi connectivity index (χ1v) is 24.0. The molecule has 4 aromatic carbocycles. The third-order valence-electron chi connectivity index (χ3n) is 14.6. The molecule has 0 radical (unpaired) electrons. The molecule has 53 heavy (non-hydrogen) atoms. The van der Waals surface area contributed by atoms with E-state index in [1.807, 2.05) is 60.7 Å². The van der Waals surface area contributed by atoms with Gasteiger partial charge in [-0.3, -0.25) is 0 Å². The zero-order valence-corrected chi connectivity index (χ0v) is 33.0. The first kappa shape index (κ1) is 36.7. The van der Waals surface area contributed by atoms with Gasteiger partial charge in [-0.1, -0.05) is 0 Å². The predicted octanol–water partition coefficient (Wildman–Crippen LogP) is 13.2. The van der Waals surface area contributed by atoms with Crippen LogP contribution in [0.15, 0.2) is 115 Å². The normalized spacial score (nSPS) is 21.2. The molecule has 0 amide bonds. The topological polar surface area (TPSA) is 27.7 Å². The third kappa shape index (κ3) is 6.54. The van der Waals surface area contributed by atoms with Crippen molar-refractivity contribution in [3.8, 4) is 17.2 Å². The van der Waals surface area contributed by atoms with E-state index in [2.05, 4.69) is 54.6 Å². The van der Waals surface area contributed by atoms with Gasteiger partial charge >= 0.3 is 322 Å². The SMILES string of the molecule is c1ccc(OB(Oc2ccccc2)Oc2ccccc2C2(P(c3ccccc3)(C3CCCCC3)(C3CCCCC3)C3CCCCC3)CCCCC2)cc1. The van der Waals surface area contributed by atoms with E-state index in [0.29, 0.717) is 0 Å². The zero-order chi connectivity index (χ0) is 35.8. The molecule has 4 saturated carbocycles. The molecule has 0 spiro atoms. The van der Waals surface area contributed by atoms with E-state index >= 15 is 0 Å². The Morgan fingerprint density at radius 2 is 0.811 bits per heavy atom. The van der Waals surface area contributed by atoms with Crippen molar-refractivity contribution in [1.29, 1.82) is 0 Å². The summed E-state index contributed by atoms with van der Waals surface area (Å²) in [6, 6.07) is 42.0. The van der Waals surface area contributed by atoms with Crippen LogP contribution in [0, 0.1) is 0 Å². The number of hydrogen-bond acceptors (Lipinski definition) is 3. The number of rotatable bonds is 12. The van der Waals surface area contributed by atoms with E-state index in [9.17, 15) is 0 Å². The fraction of sp³-hybridized carbons (Fsp3) is 0.500. The van der Waals surface area contributed by atoms with Crippen LogP contribution in [0.2, 0.25) is 0 Å². The summed E-state index contributed by atoms with van der Waals surface area (Å²) in [5.74, 6) is 2.46. The van der Waals surface area contributed by atoms with Crippen LogP contribution in [0.5, 0.6) is 17.2 Å². The molecule has 280 valence electrons. The van der Waals surface area contributed by atoms with E-state index in [1.54, 1.807) is 5.30 Å². The number of benzene rings is 4. The van der Waals surface area contributed by atoms with Gasteiger partial charge in [-0.2, -0.15) is 0 Å². The van der Waals surface area contributed by atoms with Gasteiger partial charge in [-0.15, -0.1) is 0 Å². The van der Waals surface area contributed by atoms with Crippen LogP contribution >= 0.6 is 6.60 Å². The van der Waals surface area contributed by atoms with Gasteiger partial charge in [0.2, 0.25) is 0 Å². The Kier molecular flexibility index (Phi) is 11.5. The quantitative estimate of drug-likeness (QED) is 0.107. The number of para-hydroxylation sites is 3. The van der Waals surface area contributed by atoms with Crippen LogP contribution in [0.4, 0.5) is 0 Å². The molecule has 5 heteroatoms. The summed E-state index contributed by atoms with van der Waals surface area (Å²) in [6.07, 6.45) is 27.4. The molecule has 8 rings (SSSR count). The molecular weight excluding hydrogens is 666 g/mol. The molecule has 4 aliphatic rings. The molecule has 4 fully saturated rings. The second-order valence-electron chi connectivity index (χ2n) is 16.9. The summed E-state index contributed by atoms with van der Waals surface area (Å²) in [5, 5.41) is 1.84.